The lowest BCUT2D eigenvalue weighted by molar-refractivity contribution is 0.368. The summed E-state index contributed by atoms with van der Waals surface area (Å²) < 4.78 is 26.6. The smallest absolute Gasteiger partial charge is 0.207 e. The normalized spacial score (nSPS) is 10.8. The fraction of sp³-hybridized carbons (Fsp3) is 0.0526. The number of methoxy groups -OCH3 is 1. The van der Waals surface area contributed by atoms with Gasteiger partial charge in [-0.1, -0.05) is 6.07 Å². The van der Waals surface area contributed by atoms with Crippen LogP contribution in [0.25, 0.3) is 16.6 Å². The molecule has 124 valence electrons. The zero-order valence-electron chi connectivity index (χ0n) is 13.4. The Morgan fingerprint density at radius 2 is 1.76 bits per heavy atom. The van der Waals surface area contributed by atoms with E-state index in [1.807, 2.05) is 22.9 Å². The van der Waals surface area contributed by atoms with E-state index in [-0.39, 0.29) is 11.5 Å². The van der Waals surface area contributed by atoms with E-state index in [1.165, 1.54) is 7.11 Å². The fourth-order valence-corrected chi connectivity index (χ4v) is 2.59. The maximum atomic E-state index is 14.2. The fourth-order valence-electron chi connectivity index (χ4n) is 2.59. The predicted molar refractivity (Wildman–Crippen MR) is 91.9 cm³/mol. The lowest BCUT2D eigenvalue weighted by atomic mass is 10.2. The molecule has 0 N–H and O–H groups in total. The minimum Gasteiger partial charge on any atom is -0.494 e. The van der Waals surface area contributed by atoms with E-state index in [2.05, 4.69) is 10.1 Å². The number of fused-ring (bicyclic) bond motifs is 1. The Labute approximate surface area is 143 Å². The van der Waals surface area contributed by atoms with Gasteiger partial charge in [-0.05, 0) is 42.5 Å². The number of halogens is 1. The third-order valence-electron chi connectivity index (χ3n) is 3.83. The maximum Gasteiger partial charge on any atom is 0.207 e. The summed E-state index contributed by atoms with van der Waals surface area (Å²) in [5.74, 6) is 0.252. The average molecular weight is 335 g/mol. The summed E-state index contributed by atoms with van der Waals surface area (Å²) in [5, 5.41) is 5.33. The number of benzene rings is 2. The molecule has 25 heavy (non-hydrogen) atoms. The summed E-state index contributed by atoms with van der Waals surface area (Å²) in [6.45, 7) is 0. The molecule has 0 fully saturated rings. The van der Waals surface area contributed by atoms with Crippen LogP contribution in [-0.2, 0) is 0 Å². The van der Waals surface area contributed by atoms with Gasteiger partial charge < -0.3 is 9.47 Å². The van der Waals surface area contributed by atoms with Crippen LogP contribution >= 0.6 is 0 Å². The van der Waals surface area contributed by atoms with Crippen molar-refractivity contribution in [1.29, 1.82) is 0 Å². The highest BCUT2D eigenvalue weighted by molar-refractivity contribution is 5.79. The Kier molecular flexibility index (Phi) is 3.78. The summed E-state index contributed by atoms with van der Waals surface area (Å²) >= 11 is 0. The monoisotopic (exact) mass is 335 g/mol. The molecular formula is C19H14FN3O2. The first kappa shape index (κ1) is 15.1. The SMILES string of the molecule is COc1cccc(Oc2ccc(-n3ncc4cnccc43)cc2)c1F. The zero-order chi connectivity index (χ0) is 17.2. The minimum absolute atomic E-state index is 0.114. The van der Waals surface area contributed by atoms with E-state index in [4.69, 9.17) is 9.47 Å². The number of ether oxygens (including phenoxy) is 2. The lowest BCUT2D eigenvalue weighted by Gasteiger charge is -2.10. The van der Waals surface area contributed by atoms with Gasteiger partial charge in [0.15, 0.2) is 11.5 Å². The molecule has 2 aromatic carbocycles. The molecule has 0 saturated heterocycles. The second kappa shape index (κ2) is 6.24. The van der Waals surface area contributed by atoms with Crippen LogP contribution in [0.3, 0.4) is 0 Å². The number of pyridine rings is 1. The van der Waals surface area contributed by atoms with Crippen LogP contribution in [0, 0.1) is 5.82 Å². The van der Waals surface area contributed by atoms with Gasteiger partial charge in [0.25, 0.3) is 0 Å². The Hall–Kier alpha value is -3.41. The van der Waals surface area contributed by atoms with Crippen molar-refractivity contribution >= 4 is 10.9 Å². The molecule has 0 aliphatic carbocycles. The van der Waals surface area contributed by atoms with Gasteiger partial charge in [-0.25, -0.2) is 4.68 Å². The van der Waals surface area contributed by atoms with Crippen LogP contribution in [0.4, 0.5) is 4.39 Å². The van der Waals surface area contributed by atoms with Crippen LogP contribution in [0.5, 0.6) is 17.2 Å². The standard InChI is InChI=1S/C19H14FN3O2/c1-24-17-3-2-4-18(19(17)20)25-15-7-5-14(6-8-15)23-16-9-10-21-11-13(16)12-22-23/h2-12H,1H3. The first-order chi connectivity index (χ1) is 12.3. The van der Waals surface area contributed by atoms with Crippen LogP contribution in [0.2, 0.25) is 0 Å². The zero-order valence-corrected chi connectivity index (χ0v) is 13.4. The third-order valence-corrected chi connectivity index (χ3v) is 3.83. The van der Waals surface area contributed by atoms with Crippen molar-refractivity contribution in [3.8, 4) is 22.9 Å². The molecule has 6 heteroatoms. The molecule has 5 nitrogen and oxygen atoms in total. The number of hydrogen-bond donors (Lipinski definition) is 0. The molecule has 0 bridgehead atoms. The Morgan fingerprint density at radius 1 is 0.960 bits per heavy atom. The summed E-state index contributed by atoms with van der Waals surface area (Å²) in [4.78, 5) is 4.08. The second-order valence-corrected chi connectivity index (χ2v) is 5.36. The van der Waals surface area contributed by atoms with Crippen LogP contribution in [-0.4, -0.2) is 21.9 Å². The van der Waals surface area contributed by atoms with E-state index >= 15 is 0 Å². The number of hydrogen-bond acceptors (Lipinski definition) is 4. The van der Waals surface area contributed by atoms with Gasteiger partial charge in [-0.15, -0.1) is 0 Å². The summed E-state index contributed by atoms with van der Waals surface area (Å²) in [7, 11) is 1.42. The van der Waals surface area contributed by atoms with Crippen molar-refractivity contribution in [2.24, 2.45) is 0 Å². The Morgan fingerprint density at radius 3 is 2.56 bits per heavy atom. The van der Waals surface area contributed by atoms with Crippen LogP contribution in [0.1, 0.15) is 0 Å². The van der Waals surface area contributed by atoms with E-state index in [9.17, 15) is 4.39 Å². The molecule has 4 aromatic rings. The highest BCUT2D eigenvalue weighted by atomic mass is 19.1. The molecule has 2 heterocycles. The van der Waals surface area contributed by atoms with Gasteiger partial charge >= 0.3 is 0 Å². The number of aromatic nitrogens is 3. The van der Waals surface area contributed by atoms with Crippen molar-refractivity contribution in [2.45, 2.75) is 0 Å². The molecule has 0 aliphatic heterocycles. The highest BCUT2D eigenvalue weighted by Crippen LogP contribution is 2.30. The molecule has 0 saturated carbocycles. The van der Waals surface area contributed by atoms with Crippen LogP contribution < -0.4 is 9.47 Å². The number of rotatable bonds is 4. The molecule has 0 aliphatic rings. The quantitative estimate of drug-likeness (QED) is 0.556. The first-order valence-electron chi connectivity index (χ1n) is 7.65. The first-order valence-corrected chi connectivity index (χ1v) is 7.65. The molecule has 0 atom stereocenters. The van der Waals surface area contributed by atoms with Gasteiger partial charge in [0.2, 0.25) is 5.82 Å². The van der Waals surface area contributed by atoms with Gasteiger partial charge in [0.1, 0.15) is 5.75 Å². The largest absolute Gasteiger partial charge is 0.494 e. The molecule has 0 amide bonds. The lowest BCUT2D eigenvalue weighted by Crippen LogP contribution is -1.96. The Balaban J connectivity index is 1.63. The van der Waals surface area contributed by atoms with E-state index in [1.54, 1.807) is 48.9 Å². The topological polar surface area (TPSA) is 49.2 Å². The average Bonchev–Trinajstić information content (AvgIpc) is 3.08. The summed E-state index contributed by atoms with van der Waals surface area (Å²) in [5.41, 5.74) is 1.84. The molecular weight excluding hydrogens is 321 g/mol. The summed E-state index contributed by atoms with van der Waals surface area (Å²) in [6.07, 6.45) is 5.25. The van der Waals surface area contributed by atoms with Crippen molar-refractivity contribution in [3.05, 3.63) is 72.9 Å². The van der Waals surface area contributed by atoms with Crippen LogP contribution in [0.15, 0.2) is 67.1 Å². The minimum atomic E-state index is -0.528. The highest BCUT2D eigenvalue weighted by Gasteiger charge is 2.11. The van der Waals surface area contributed by atoms with E-state index < -0.39 is 5.82 Å². The third kappa shape index (κ3) is 2.78. The van der Waals surface area contributed by atoms with Gasteiger partial charge in [-0.3, -0.25) is 4.98 Å². The van der Waals surface area contributed by atoms with Crippen molar-refractivity contribution < 1.29 is 13.9 Å². The van der Waals surface area contributed by atoms with Gasteiger partial charge in [0.05, 0.1) is 24.5 Å². The van der Waals surface area contributed by atoms with E-state index in [0.717, 1.165) is 16.6 Å². The molecule has 4 rings (SSSR count). The molecule has 0 radical (unpaired) electrons. The molecule has 2 aromatic heterocycles. The number of nitrogens with zero attached hydrogens (tertiary/aromatic N) is 3. The van der Waals surface area contributed by atoms with Crippen molar-refractivity contribution in [1.82, 2.24) is 14.8 Å². The molecule has 0 spiro atoms. The van der Waals surface area contributed by atoms with Gasteiger partial charge in [0, 0.05) is 17.8 Å². The Bertz CT molecular complexity index is 1030. The van der Waals surface area contributed by atoms with Gasteiger partial charge in [-0.2, -0.15) is 9.49 Å². The molecule has 0 unspecified atom stereocenters. The maximum absolute atomic E-state index is 14.2. The summed E-state index contributed by atoms with van der Waals surface area (Å²) in [6, 6.07) is 13.9. The second-order valence-electron chi connectivity index (χ2n) is 5.36. The van der Waals surface area contributed by atoms with Crippen molar-refractivity contribution in [3.63, 3.8) is 0 Å². The van der Waals surface area contributed by atoms with E-state index in [0.29, 0.717) is 5.75 Å². The predicted octanol–water partition coefficient (Wildman–Crippen LogP) is 4.36. The van der Waals surface area contributed by atoms with Crippen molar-refractivity contribution in [2.75, 3.05) is 7.11 Å².